The van der Waals surface area contributed by atoms with Crippen LogP contribution in [0.4, 0.5) is 5.69 Å². The van der Waals surface area contributed by atoms with Crippen LogP contribution < -0.4 is 10.1 Å². The summed E-state index contributed by atoms with van der Waals surface area (Å²) in [5.41, 5.74) is 0.793. The first-order valence-corrected chi connectivity index (χ1v) is 7.73. The number of anilines is 1. The van der Waals surface area contributed by atoms with Gasteiger partial charge in [0.25, 0.3) is 0 Å². The molecule has 2 unspecified atom stereocenters. The van der Waals surface area contributed by atoms with Gasteiger partial charge in [-0.2, -0.15) is 0 Å². The molecule has 1 aromatic rings. The number of carbonyl (C=O) groups excluding carboxylic acids is 1. The third-order valence-corrected chi connectivity index (χ3v) is 3.50. The molecule has 0 spiro atoms. The van der Waals surface area contributed by atoms with Gasteiger partial charge in [0.1, 0.15) is 12.4 Å². The number of nitrogens with zero attached hydrogens (tertiary/aromatic N) is 1. The van der Waals surface area contributed by atoms with Crippen LogP contribution in [-0.2, 0) is 4.79 Å². The van der Waals surface area contributed by atoms with E-state index in [0.717, 1.165) is 24.5 Å². The summed E-state index contributed by atoms with van der Waals surface area (Å²) in [6.45, 7) is 11.2. The number of rotatable bonds is 7. The first kappa shape index (κ1) is 15.8. The van der Waals surface area contributed by atoms with E-state index in [4.69, 9.17) is 4.74 Å². The molecule has 0 bridgehead atoms. The van der Waals surface area contributed by atoms with Gasteiger partial charge in [-0.15, -0.1) is 0 Å². The van der Waals surface area contributed by atoms with Gasteiger partial charge in [0.05, 0.1) is 6.04 Å². The molecule has 4 nitrogen and oxygen atoms in total. The molecule has 2 rings (SSSR count). The van der Waals surface area contributed by atoms with Crippen molar-refractivity contribution in [2.24, 2.45) is 11.8 Å². The molecule has 1 fully saturated rings. The number of nitrogens with one attached hydrogen (secondary N) is 1. The lowest BCUT2D eigenvalue weighted by molar-refractivity contribution is -0.118. The van der Waals surface area contributed by atoms with Crippen LogP contribution in [0.25, 0.3) is 0 Å². The standard InChI is InChI=1S/C17H26N2O2/c1-12(2)9-19-10-15(19)11-21-16-7-5-6-14(8-16)18-17(20)13(3)4/h5-8,12-13,15H,9-11H2,1-4H3,(H,18,20). The van der Waals surface area contributed by atoms with E-state index in [2.05, 4.69) is 24.1 Å². The van der Waals surface area contributed by atoms with E-state index in [0.29, 0.717) is 18.6 Å². The van der Waals surface area contributed by atoms with Crippen molar-refractivity contribution in [3.05, 3.63) is 24.3 Å². The van der Waals surface area contributed by atoms with Crippen molar-refractivity contribution < 1.29 is 9.53 Å². The summed E-state index contributed by atoms with van der Waals surface area (Å²) in [5.74, 6) is 1.51. The van der Waals surface area contributed by atoms with Crippen LogP contribution in [0.3, 0.4) is 0 Å². The van der Waals surface area contributed by atoms with Crippen LogP contribution >= 0.6 is 0 Å². The van der Waals surface area contributed by atoms with E-state index in [-0.39, 0.29) is 11.8 Å². The summed E-state index contributed by atoms with van der Waals surface area (Å²) in [4.78, 5) is 14.1. The number of hydrogen-bond acceptors (Lipinski definition) is 3. The Kier molecular flexibility index (Phi) is 5.23. The lowest BCUT2D eigenvalue weighted by atomic mass is 10.2. The summed E-state index contributed by atoms with van der Waals surface area (Å²) < 4.78 is 5.83. The highest BCUT2D eigenvalue weighted by Gasteiger charge is 2.34. The average molecular weight is 290 g/mol. The lowest BCUT2D eigenvalue weighted by Crippen LogP contribution is -2.18. The van der Waals surface area contributed by atoms with Crippen LogP contribution in [0.15, 0.2) is 24.3 Å². The summed E-state index contributed by atoms with van der Waals surface area (Å²) in [5, 5.41) is 2.89. The van der Waals surface area contributed by atoms with Crippen molar-refractivity contribution in [2.75, 3.05) is 25.0 Å². The molecule has 1 N–H and O–H groups in total. The predicted molar refractivity (Wildman–Crippen MR) is 85.6 cm³/mol. The zero-order valence-corrected chi connectivity index (χ0v) is 13.4. The Balaban J connectivity index is 1.81. The van der Waals surface area contributed by atoms with Crippen molar-refractivity contribution in [2.45, 2.75) is 33.7 Å². The molecule has 0 aliphatic carbocycles. The smallest absolute Gasteiger partial charge is 0.226 e. The molecule has 21 heavy (non-hydrogen) atoms. The first-order chi connectivity index (χ1) is 9.95. The largest absolute Gasteiger partial charge is 0.492 e. The SMILES string of the molecule is CC(C)CN1CC1COc1cccc(NC(=O)C(C)C)c1. The Hall–Kier alpha value is -1.55. The Morgan fingerprint density at radius 2 is 2.14 bits per heavy atom. The highest BCUT2D eigenvalue weighted by atomic mass is 16.5. The van der Waals surface area contributed by atoms with Crippen LogP contribution in [0.2, 0.25) is 0 Å². The van der Waals surface area contributed by atoms with Crippen molar-refractivity contribution in [3.63, 3.8) is 0 Å². The fraction of sp³-hybridized carbons (Fsp3) is 0.588. The molecule has 116 valence electrons. The van der Waals surface area contributed by atoms with Crippen molar-refractivity contribution in [1.29, 1.82) is 0 Å². The monoisotopic (exact) mass is 290 g/mol. The Bertz CT molecular complexity index is 485. The van der Waals surface area contributed by atoms with Gasteiger partial charge in [-0.05, 0) is 18.1 Å². The van der Waals surface area contributed by atoms with E-state index in [1.807, 2.05) is 38.1 Å². The van der Waals surface area contributed by atoms with E-state index in [9.17, 15) is 4.79 Å². The molecular weight excluding hydrogens is 264 g/mol. The Morgan fingerprint density at radius 1 is 1.38 bits per heavy atom. The molecule has 2 atom stereocenters. The second-order valence-corrected chi connectivity index (χ2v) is 6.48. The van der Waals surface area contributed by atoms with E-state index < -0.39 is 0 Å². The van der Waals surface area contributed by atoms with Crippen LogP contribution in [-0.4, -0.2) is 36.5 Å². The van der Waals surface area contributed by atoms with Gasteiger partial charge in [-0.1, -0.05) is 33.8 Å². The fourth-order valence-electron chi connectivity index (χ4n) is 2.22. The van der Waals surface area contributed by atoms with Crippen LogP contribution in [0.1, 0.15) is 27.7 Å². The van der Waals surface area contributed by atoms with Crippen molar-refractivity contribution in [3.8, 4) is 5.75 Å². The van der Waals surface area contributed by atoms with Gasteiger partial charge >= 0.3 is 0 Å². The van der Waals surface area contributed by atoms with Crippen molar-refractivity contribution in [1.82, 2.24) is 4.90 Å². The number of ether oxygens (including phenoxy) is 1. The number of benzene rings is 1. The maximum atomic E-state index is 11.7. The highest BCUT2D eigenvalue weighted by molar-refractivity contribution is 5.92. The molecule has 1 amide bonds. The second kappa shape index (κ2) is 6.94. The number of carbonyl (C=O) groups is 1. The minimum atomic E-state index is -0.0226. The molecule has 0 radical (unpaired) electrons. The zero-order chi connectivity index (χ0) is 15.4. The summed E-state index contributed by atoms with van der Waals surface area (Å²) in [6, 6.07) is 8.15. The van der Waals surface area contributed by atoms with E-state index in [1.54, 1.807) is 0 Å². The lowest BCUT2D eigenvalue weighted by Gasteiger charge is -2.11. The maximum absolute atomic E-state index is 11.7. The zero-order valence-electron chi connectivity index (χ0n) is 13.4. The minimum absolute atomic E-state index is 0.0226. The van der Waals surface area contributed by atoms with Gasteiger partial charge in [0, 0.05) is 30.8 Å². The quantitative estimate of drug-likeness (QED) is 0.785. The molecular formula is C17H26N2O2. The molecule has 0 saturated carbocycles. The summed E-state index contributed by atoms with van der Waals surface area (Å²) in [7, 11) is 0. The molecule has 1 heterocycles. The van der Waals surface area contributed by atoms with E-state index in [1.165, 1.54) is 0 Å². The average Bonchev–Trinajstić information content (AvgIpc) is 3.14. The third-order valence-electron chi connectivity index (χ3n) is 3.50. The normalized spacial score (nSPS) is 20.7. The van der Waals surface area contributed by atoms with Crippen LogP contribution in [0, 0.1) is 11.8 Å². The number of amides is 1. The molecule has 1 saturated heterocycles. The van der Waals surface area contributed by atoms with Gasteiger partial charge in [0.15, 0.2) is 0 Å². The van der Waals surface area contributed by atoms with Gasteiger partial charge in [-0.25, -0.2) is 0 Å². The van der Waals surface area contributed by atoms with Gasteiger partial charge in [0.2, 0.25) is 5.91 Å². The molecule has 1 aromatic carbocycles. The van der Waals surface area contributed by atoms with Gasteiger partial charge in [-0.3, -0.25) is 9.69 Å². The molecule has 4 heteroatoms. The topological polar surface area (TPSA) is 41.3 Å². The fourth-order valence-corrected chi connectivity index (χ4v) is 2.22. The second-order valence-electron chi connectivity index (χ2n) is 6.48. The minimum Gasteiger partial charge on any atom is -0.492 e. The number of hydrogen-bond donors (Lipinski definition) is 1. The predicted octanol–water partition coefficient (Wildman–Crippen LogP) is 3.00. The Labute approximate surface area is 127 Å². The van der Waals surface area contributed by atoms with E-state index >= 15 is 0 Å². The third kappa shape index (κ3) is 5.05. The summed E-state index contributed by atoms with van der Waals surface area (Å²) in [6.07, 6.45) is 0. The Morgan fingerprint density at radius 3 is 2.81 bits per heavy atom. The first-order valence-electron chi connectivity index (χ1n) is 7.73. The molecule has 1 aliphatic heterocycles. The van der Waals surface area contributed by atoms with Crippen molar-refractivity contribution >= 4 is 11.6 Å². The maximum Gasteiger partial charge on any atom is 0.226 e. The van der Waals surface area contributed by atoms with Gasteiger partial charge < -0.3 is 10.1 Å². The summed E-state index contributed by atoms with van der Waals surface area (Å²) >= 11 is 0. The van der Waals surface area contributed by atoms with Crippen LogP contribution in [0.5, 0.6) is 5.75 Å². The molecule has 0 aromatic heterocycles. The highest BCUT2D eigenvalue weighted by Crippen LogP contribution is 2.22. The molecule has 1 aliphatic rings.